The molecule has 2 aromatic carbocycles. The summed E-state index contributed by atoms with van der Waals surface area (Å²) in [6, 6.07) is 7.05. The summed E-state index contributed by atoms with van der Waals surface area (Å²) in [5.74, 6) is -1.41. The van der Waals surface area contributed by atoms with E-state index in [0.29, 0.717) is 17.1 Å². The molecule has 2 rings (SSSR count). The van der Waals surface area contributed by atoms with E-state index >= 15 is 0 Å². The standard InChI is InChI=1S/C15H13ClF3N/c1-9(14-7-12(17)2-3-15(14)19)20-8-10-4-11(16)6-13(18)5-10/h2-7,9,20H,8H2,1H3. The predicted octanol–water partition coefficient (Wildman–Crippen LogP) is 4.61. The van der Waals surface area contributed by atoms with Crippen LogP contribution in [0.15, 0.2) is 36.4 Å². The third-order valence-electron chi connectivity index (χ3n) is 2.96. The van der Waals surface area contributed by atoms with Gasteiger partial charge in [0.2, 0.25) is 0 Å². The Morgan fingerprint density at radius 3 is 2.50 bits per heavy atom. The summed E-state index contributed by atoms with van der Waals surface area (Å²) in [5, 5.41) is 3.30. The average molecular weight is 300 g/mol. The smallest absolute Gasteiger partial charge is 0.128 e. The molecule has 0 saturated carbocycles. The van der Waals surface area contributed by atoms with Crippen molar-refractivity contribution >= 4 is 11.6 Å². The lowest BCUT2D eigenvalue weighted by Gasteiger charge is -2.15. The third kappa shape index (κ3) is 3.74. The van der Waals surface area contributed by atoms with Crippen molar-refractivity contribution in [3.8, 4) is 0 Å². The van der Waals surface area contributed by atoms with Gasteiger partial charge in [-0.05, 0) is 48.9 Å². The molecule has 0 aliphatic carbocycles. The van der Waals surface area contributed by atoms with Crippen molar-refractivity contribution < 1.29 is 13.2 Å². The zero-order valence-electron chi connectivity index (χ0n) is 10.8. The van der Waals surface area contributed by atoms with Crippen molar-refractivity contribution in [2.75, 3.05) is 0 Å². The van der Waals surface area contributed by atoms with E-state index in [-0.39, 0.29) is 5.56 Å². The molecule has 1 nitrogen and oxygen atoms in total. The molecule has 0 aliphatic heterocycles. The molecule has 0 saturated heterocycles. The Bertz CT molecular complexity index is 596. The summed E-state index contributed by atoms with van der Waals surface area (Å²) in [4.78, 5) is 0. The number of rotatable bonds is 4. The monoisotopic (exact) mass is 299 g/mol. The number of benzene rings is 2. The number of hydrogen-bond acceptors (Lipinski definition) is 1. The quantitative estimate of drug-likeness (QED) is 0.869. The molecule has 5 heteroatoms. The van der Waals surface area contributed by atoms with Crippen LogP contribution < -0.4 is 5.32 Å². The van der Waals surface area contributed by atoms with E-state index in [0.717, 1.165) is 18.2 Å². The van der Waals surface area contributed by atoms with Gasteiger partial charge in [0.25, 0.3) is 0 Å². The average Bonchev–Trinajstić information content (AvgIpc) is 2.38. The van der Waals surface area contributed by atoms with Crippen LogP contribution in [0.3, 0.4) is 0 Å². The van der Waals surface area contributed by atoms with Crippen LogP contribution in [-0.4, -0.2) is 0 Å². The van der Waals surface area contributed by atoms with E-state index in [9.17, 15) is 13.2 Å². The Labute approximate surface area is 120 Å². The SMILES string of the molecule is CC(NCc1cc(F)cc(Cl)c1)c1cc(F)ccc1F. The minimum atomic E-state index is -0.496. The van der Waals surface area contributed by atoms with Gasteiger partial charge < -0.3 is 5.32 Å². The summed E-state index contributed by atoms with van der Waals surface area (Å²) >= 11 is 5.75. The van der Waals surface area contributed by atoms with Crippen molar-refractivity contribution in [2.45, 2.75) is 19.5 Å². The van der Waals surface area contributed by atoms with Crippen LogP contribution in [0.25, 0.3) is 0 Å². The van der Waals surface area contributed by atoms with Crippen molar-refractivity contribution in [1.29, 1.82) is 0 Å². The molecule has 0 fully saturated rings. The van der Waals surface area contributed by atoms with Crippen molar-refractivity contribution in [3.05, 3.63) is 70.0 Å². The minimum Gasteiger partial charge on any atom is -0.306 e. The molecule has 0 amide bonds. The van der Waals surface area contributed by atoms with Crippen molar-refractivity contribution in [3.63, 3.8) is 0 Å². The van der Waals surface area contributed by atoms with E-state index in [1.165, 1.54) is 12.1 Å². The van der Waals surface area contributed by atoms with Gasteiger partial charge in [0.05, 0.1) is 0 Å². The lowest BCUT2D eigenvalue weighted by molar-refractivity contribution is 0.517. The van der Waals surface area contributed by atoms with Gasteiger partial charge >= 0.3 is 0 Å². The maximum Gasteiger partial charge on any atom is 0.128 e. The van der Waals surface area contributed by atoms with E-state index in [2.05, 4.69) is 5.32 Å². The normalized spacial score (nSPS) is 12.4. The highest BCUT2D eigenvalue weighted by Gasteiger charge is 2.12. The highest BCUT2D eigenvalue weighted by atomic mass is 35.5. The minimum absolute atomic E-state index is 0.229. The second-order valence-electron chi connectivity index (χ2n) is 4.55. The fourth-order valence-corrected chi connectivity index (χ4v) is 2.18. The highest BCUT2D eigenvalue weighted by Crippen LogP contribution is 2.19. The van der Waals surface area contributed by atoms with Crippen LogP contribution in [0, 0.1) is 17.5 Å². The molecule has 20 heavy (non-hydrogen) atoms. The molecule has 1 unspecified atom stereocenters. The summed E-state index contributed by atoms with van der Waals surface area (Å²) in [6.07, 6.45) is 0. The molecular formula is C15H13ClF3N. The lowest BCUT2D eigenvalue weighted by Crippen LogP contribution is -2.19. The fourth-order valence-electron chi connectivity index (χ4n) is 1.94. The summed E-state index contributed by atoms with van der Waals surface area (Å²) in [6.45, 7) is 2.01. The van der Waals surface area contributed by atoms with Gasteiger partial charge in [-0.3, -0.25) is 0 Å². The molecule has 1 N–H and O–H groups in total. The van der Waals surface area contributed by atoms with E-state index in [4.69, 9.17) is 11.6 Å². The Morgan fingerprint density at radius 2 is 1.80 bits per heavy atom. The molecule has 0 radical (unpaired) electrons. The van der Waals surface area contributed by atoms with Crippen molar-refractivity contribution in [2.24, 2.45) is 0 Å². The van der Waals surface area contributed by atoms with Crippen LogP contribution in [0.2, 0.25) is 5.02 Å². The fraction of sp³-hybridized carbons (Fsp3) is 0.200. The summed E-state index contributed by atoms with van der Waals surface area (Å²) < 4.78 is 39.9. The van der Waals surface area contributed by atoms with Crippen LogP contribution in [0.4, 0.5) is 13.2 Å². The zero-order valence-corrected chi connectivity index (χ0v) is 11.5. The van der Waals surface area contributed by atoms with Crippen LogP contribution in [-0.2, 0) is 6.54 Å². The molecule has 0 aromatic heterocycles. The first-order valence-electron chi connectivity index (χ1n) is 6.09. The Hall–Kier alpha value is -1.52. The first kappa shape index (κ1) is 14.9. The number of nitrogens with one attached hydrogen (secondary N) is 1. The van der Waals surface area contributed by atoms with Gasteiger partial charge in [-0.2, -0.15) is 0 Å². The van der Waals surface area contributed by atoms with Crippen LogP contribution in [0.5, 0.6) is 0 Å². The van der Waals surface area contributed by atoms with E-state index < -0.39 is 23.5 Å². The molecule has 1 atom stereocenters. The second kappa shape index (κ2) is 6.29. The Balaban J connectivity index is 2.08. The summed E-state index contributed by atoms with van der Waals surface area (Å²) in [7, 11) is 0. The Kier molecular flexibility index (Phi) is 4.68. The van der Waals surface area contributed by atoms with Gasteiger partial charge in [-0.1, -0.05) is 11.6 Å². The van der Waals surface area contributed by atoms with Gasteiger partial charge in [0.1, 0.15) is 17.5 Å². The first-order chi connectivity index (χ1) is 9.45. The maximum absolute atomic E-state index is 13.6. The van der Waals surface area contributed by atoms with Crippen LogP contribution >= 0.6 is 11.6 Å². The molecule has 2 aromatic rings. The topological polar surface area (TPSA) is 12.0 Å². The second-order valence-corrected chi connectivity index (χ2v) is 4.98. The Morgan fingerprint density at radius 1 is 1.05 bits per heavy atom. The summed E-state index contributed by atoms with van der Waals surface area (Å²) in [5.41, 5.74) is 0.867. The van der Waals surface area contributed by atoms with E-state index in [1.54, 1.807) is 13.0 Å². The van der Waals surface area contributed by atoms with Gasteiger partial charge in [-0.25, -0.2) is 13.2 Å². The zero-order chi connectivity index (χ0) is 14.7. The van der Waals surface area contributed by atoms with Gasteiger partial charge in [0, 0.05) is 23.2 Å². The third-order valence-corrected chi connectivity index (χ3v) is 3.18. The lowest BCUT2D eigenvalue weighted by atomic mass is 10.1. The molecule has 0 bridgehead atoms. The molecule has 0 heterocycles. The largest absolute Gasteiger partial charge is 0.306 e. The van der Waals surface area contributed by atoms with Crippen LogP contribution in [0.1, 0.15) is 24.1 Å². The molecule has 106 valence electrons. The molecule has 0 spiro atoms. The highest BCUT2D eigenvalue weighted by molar-refractivity contribution is 6.30. The molecular weight excluding hydrogens is 287 g/mol. The predicted molar refractivity (Wildman–Crippen MR) is 73.0 cm³/mol. The van der Waals surface area contributed by atoms with Gasteiger partial charge in [0.15, 0.2) is 0 Å². The number of hydrogen-bond donors (Lipinski definition) is 1. The van der Waals surface area contributed by atoms with Gasteiger partial charge in [-0.15, -0.1) is 0 Å². The maximum atomic E-state index is 13.6. The first-order valence-corrected chi connectivity index (χ1v) is 6.47. The number of halogens is 4. The van der Waals surface area contributed by atoms with Crippen molar-refractivity contribution in [1.82, 2.24) is 5.32 Å². The molecule has 0 aliphatic rings. The van der Waals surface area contributed by atoms with E-state index in [1.807, 2.05) is 0 Å².